The van der Waals surface area contributed by atoms with Crippen molar-refractivity contribution in [1.82, 2.24) is 10.6 Å². The summed E-state index contributed by atoms with van der Waals surface area (Å²) in [5.41, 5.74) is -3.21. The third-order valence-corrected chi connectivity index (χ3v) is 2.15. The maximum absolute atomic E-state index is 13.2. The van der Waals surface area contributed by atoms with E-state index in [2.05, 4.69) is 10.1 Å². The van der Waals surface area contributed by atoms with Crippen LogP contribution in [0.1, 0.15) is 27.7 Å². The molecule has 2 N–H and O–H groups in total. The van der Waals surface area contributed by atoms with Crippen LogP contribution in [0.3, 0.4) is 0 Å². The number of amides is 1. The maximum Gasteiger partial charge on any atom is 0.436 e. The monoisotopic (exact) mass is 284 g/mol. The Hall–Kier alpha value is -1.31. The van der Waals surface area contributed by atoms with Crippen molar-refractivity contribution in [2.24, 2.45) is 5.92 Å². The maximum atomic E-state index is 13.2. The number of rotatable bonds is 6. The topological polar surface area (TPSA) is 67.4 Å². The lowest BCUT2D eigenvalue weighted by Gasteiger charge is -2.35. The number of hydrogen-bond donors (Lipinski definition) is 2. The lowest BCUT2D eigenvalue weighted by Crippen LogP contribution is -2.72. The van der Waals surface area contributed by atoms with Gasteiger partial charge < -0.3 is 10.1 Å². The molecular weight excluding hydrogens is 265 g/mol. The van der Waals surface area contributed by atoms with Crippen molar-refractivity contribution >= 4 is 11.9 Å². The number of nitrogens with one attached hydrogen (secondary N) is 2. The Morgan fingerprint density at radius 1 is 1.26 bits per heavy atom. The molecule has 0 rings (SSSR count). The Labute approximate surface area is 109 Å². The third-order valence-electron chi connectivity index (χ3n) is 2.15. The van der Waals surface area contributed by atoms with E-state index in [0.717, 1.165) is 6.92 Å². The average Bonchev–Trinajstić information content (AvgIpc) is 2.21. The van der Waals surface area contributed by atoms with Gasteiger partial charge in [0.1, 0.15) is 0 Å². The van der Waals surface area contributed by atoms with Crippen LogP contribution < -0.4 is 10.6 Å². The van der Waals surface area contributed by atoms with Gasteiger partial charge in [0.15, 0.2) is 0 Å². The lowest BCUT2D eigenvalue weighted by molar-refractivity contribution is -0.221. The SMILES string of the molecule is CCOC(=O)C(NCC(C)C)(NC(C)=O)C(F)(F)F. The molecule has 0 aromatic rings. The molecule has 5 nitrogen and oxygen atoms in total. The Morgan fingerprint density at radius 3 is 2.11 bits per heavy atom. The van der Waals surface area contributed by atoms with E-state index in [0.29, 0.717) is 0 Å². The molecule has 0 spiro atoms. The zero-order chi connectivity index (χ0) is 15.3. The van der Waals surface area contributed by atoms with Crippen LogP contribution >= 0.6 is 0 Å². The van der Waals surface area contributed by atoms with Crippen molar-refractivity contribution in [3.8, 4) is 0 Å². The van der Waals surface area contributed by atoms with Crippen LogP contribution in [-0.2, 0) is 14.3 Å². The van der Waals surface area contributed by atoms with E-state index in [1.165, 1.54) is 6.92 Å². The van der Waals surface area contributed by atoms with E-state index in [4.69, 9.17) is 0 Å². The molecule has 0 bridgehead atoms. The van der Waals surface area contributed by atoms with Gasteiger partial charge in [0.2, 0.25) is 5.91 Å². The van der Waals surface area contributed by atoms with Gasteiger partial charge in [0.25, 0.3) is 5.66 Å². The number of esters is 1. The highest BCUT2D eigenvalue weighted by molar-refractivity contribution is 5.87. The lowest BCUT2D eigenvalue weighted by atomic mass is 10.1. The molecule has 8 heteroatoms. The van der Waals surface area contributed by atoms with Crippen LogP contribution in [-0.4, -0.2) is 36.9 Å². The summed E-state index contributed by atoms with van der Waals surface area (Å²) in [6.45, 7) is 5.30. The summed E-state index contributed by atoms with van der Waals surface area (Å²) >= 11 is 0. The standard InChI is InChI=1S/C11H19F3N2O3/c1-5-19-9(18)10(11(12,13)14,16-8(4)17)15-6-7(2)3/h7,15H,5-6H2,1-4H3,(H,16,17). The number of carbonyl (C=O) groups excluding carboxylic acids is 2. The van der Waals surface area contributed by atoms with Gasteiger partial charge in [-0.05, 0) is 12.8 Å². The van der Waals surface area contributed by atoms with Crippen LogP contribution in [0.15, 0.2) is 0 Å². The van der Waals surface area contributed by atoms with E-state index < -0.39 is 23.7 Å². The first-order valence-electron chi connectivity index (χ1n) is 5.84. The van der Waals surface area contributed by atoms with Gasteiger partial charge in [-0.25, -0.2) is 4.79 Å². The normalized spacial score (nSPS) is 14.9. The van der Waals surface area contributed by atoms with Crippen LogP contribution in [0.5, 0.6) is 0 Å². The van der Waals surface area contributed by atoms with E-state index in [9.17, 15) is 22.8 Å². The molecule has 19 heavy (non-hydrogen) atoms. The molecule has 0 aromatic heterocycles. The molecule has 0 aliphatic rings. The van der Waals surface area contributed by atoms with Gasteiger partial charge in [-0.2, -0.15) is 13.2 Å². The molecule has 0 aliphatic heterocycles. The first-order chi connectivity index (χ1) is 8.56. The molecular formula is C11H19F3N2O3. The van der Waals surface area contributed by atoms with E-state index in [-0.39, 0.29) is 19.1 Å². The van der Waals surface area contributed by atoms with Crippen LogP contribution in [0.2, 0.25) is 0 Å². The van der Waals surface area contributed by atoms with Gasteiger partial charge in [-0.15, -0.1) is 0 Å². The van der Waals surface area contributed by atoms with Crippen molar-refractivity contribution in [2.75, 3.05) is 13.2 Å². The summed E-state index contributed by atoms with van der Waals surface area (Å²) < 4.78 is 44.0. The molecule has 1 unspecified atom stereocenters. The summed E-state index contributed by atoms with van der Waals surface area (Å²) in [7, 11) is 0. The fourth-order valence-electron chi connectivity index (χ4n) is 1.31. The Kier molecular flexibility index (Phi) is 6.28. The molecule has 1 amide bonds. The van der Waals surface area contributed by atoms with Gasteiger partial charge in [-0.1, -0.05) is 13.8 Å². The third kappa shape index (κ3) is 4.70. The Bertz CT molecular complexity index is 332. The summed E-state index contributed by atoms with van der Waals surface area (Å²) in [5.74, 6) is -2.70. The van der Waals surface area contributed by atoms with Gasteiger partial charge in [0, 0.05) is 13.5 Å². The predicted octanol–water partition coefficient (Wildman–Crippen LogP) is 1.19. The zero-order valence-corrected chi connectivity index (χ0v) is 11.4. The van der Waals surface area contributed by atoms with Crippen molar-refractivity contribution in [3.63, 3.8) is 0 Å². The number of carbonyl (C=O) groups is 2. The minimum absolute atomic E-state index is 0.112. The molecule has 0 heterocycles. The fraction of sp³-hybridized carbons (Fsp3) is 0.818. The van der Waals surface area contributed by atoms with Crippen molar-refractivity contribution in [3.05, 3.63) is 0 Å². The highest BCUT2D eigenvalue weighted by Gasteiger charge is 2.62. The second-order valence-corrected chi connectivity index (χ2v) is 4.42. The Morgan fingerprint density at radius 2 is 1.79 bits per heavy atom. The first kappa shape index (κ1) is 17.7. The van der Waals surface area contributed by atoms with E-state index >= 15 is 0 Å². The molecule has 0 fully saturated rings. The molecule has 1 atom stereocenters. The molecule has 0 aliphatic carbocycles. The summed E-state index contributed by atoms with van der Waals surface area (Å²) in [4.78, 5) is 22.6. The fourth-order valence-corrected chi connectivity index (χ4v) is 1.31. The van der Waals surface area contributed by atoms with Crippen LogP contribution in [0, 0.1) is 5.92 Å². The Balaban J connectivity index is 5.44. The summed E-state index contributed by atoms with van der Waals surface area (Å²) in [5, 5.41) is 3.68. The smallest absolute Gasteiger partial charge is 0.436 e. The molecule has 0 aromatic carbocycles. The first-order valence-corrected chi connectivity index (χ1v) is 5.84. The highest BCUT2D eigenvalue weighted by Crippen LogP contribution is 2.30. The number of hydrogen-bond acceptors (Lipinski definition) is 4. The quantitative estimate of drug-likeness (QED) is 0.568. The van der Waals surface area contributed by atoms with Gasteiger partial charge in [0.05, 0.1) is 6.61 Å². The summed E-state index contributed by atoms with van der Waals surface area (Å²) in [6.07, 6.45) is -5.01. The van der Waals surface area contributed by atoms with Crippen LogP contribution in [0.25, 0.3) is 0 Å². The second kappa shape index (κ2) is 6.74. The van der Waals surface area contributed by atoms with Crippen molar-refractivity contribution in [1.29, 1.82) is 0 Å². The summed E-state index contributed by atoms with van der Waals surface area (Å²) in [6, 6.07) is 0. The van der Waals surface area contributed by atoms with Gasteiger partial charge in [-0.3, -0.25) is 10.1 Å². The number of alkyl halides is 3. The predicted molar refractivity (Wildman–Crippen MR) is 62.1 cm³/mol. The molecule has 0 radical (unpaired) electrons. The highest BCUT2D eigenvalue weighted by atomic mass is 19.4. The van der Waals surface area contributed by atoms with Gasteiger partial charge >= 0.3 is 12.1 Å². The average molecular weight is 284 g/mol. The minimum atomic E-state index is -5.01. The number of halogens is 3. The largest absolute Gasteiger partial charge is 0.463 e. The van der Waals surface area contributed by atoms with Crippen LogP contribution in [0.4, 0.5) is 13.2 Å². The minimum Gasteiger partial charge on any atom is -0.463 e. The molecule has 0 saturated heterocycles. The second-order valence-electron chi connectivity index (χ2n) is 4.42. The van der Waals surface area contributed by atoms with E-state index in [1.807, 2.05) is 0 Å². The van der Waals surface area contributed by atoms with E-state index in [1.54, 1.807) is 19.2 Å². The number of ether oxygens (including phenoxy) is 1. The zero-order valence-electron chi connectivity index (χ0n) is 11.4. The van der Waals surface area contributed by atoms with Crippen molar-refractivity contribution in [2.45, 2.75) is 39.5 Å². The molecule has 0 saturated carbocycles. The molecule has 112 valence electrons. The van der Waals surface area contributed by atoms with Crippen molar-refractivity contribution < 1.29 is 27.5 Å².